The van der Waals surface area contributed by atoms with E-state index in [4.69, 9.17) is 5.26 Å². The van der Waals surface area contributed by atoms with E-state index in [1.807, 2.05) is 0 Å². The smallest absolute Gasteiger partial charge is 0.123 e. The van der Waals surface area contributed by atoms with E-state index in [1.165, 1.54) is 31.4 Å². The fourth-order valence-electron chi connectivity index (χ4n) is 2.75. The number of likely N-dealkylation sites (tertiary alicyclic amines) is 1. The lowest BCUT2D eigenvalue weighted by atomic mass is 9.98. The number of halogens is 1. The van der Waals surface area contributed by atoms with Crippen LogP contribution in [0.25, 0.3) is 0 Å². The van der Waals surface area contributed by atoms with Crippen LogP contribution in [0.3, 0.4) is 0 Å². The number of rotatable bonds is 3. The van der Waals surface area contributed by atoms with Gasteiger partial charge >= 0.3 is 0 Å². The van der Waals surface area contributed by atoms with E-state index in [1.54, 1.807) is 6.07 Å². The van der Waals surface area contributed by atoms with E-state index in [0.29, 0.717) is 18.2 Å². The Bertz CT molecular complexity index is 450. The summed E-state index contributed by atoms with van der Waals surface area (Å²) in [5.41, 5.74) is 1.41. The molecule has 0 spiro atoms. The van der Waals surface area contributed by atoms with Gasteiger partial charge in [0.25, 0.3) is 0 Å². The second-order valence-corrected chi connectivity index (χ2v) is 4.94. The monoisotopic (exact) mass is 246 g/mol. The van der Waals surface area contributed by atoms with Gasteiger partial charge in [0.2, 0.25) is 0 Å². The van der Waals surface area contributed by atoms with Gasteiger partial charge in [0.1, 0.15) is 5.82 Å². The normalized spacial score (nSPS) is 20.6. The first kappa shape index (κ1) is 13.0. The van der Waals surface area contributed by atoms with E-state index in [-0.39, 0.29) is 5.82 Å². The van der Waals surface area contributed by atoms with Crippen molar-refractivity contribution in [3.8, 4) is 6.07 Å². The first-order chi connectivity index (χ1) is 8.74. The molecule has 2 rings (SSSR count). The molecule has 1 aromatic carbocycles. The largest absolute Gasteiger partial charge is 0.296 e. The predicted octanol–water partition coefficient (Wildman–Crippen LogP) is 3.46. The fraction of sp³-hybridized carbons (Fsp3) is 0.533. The van der Waals surface area contributed by atoms with Crippen molar-refractivity contribution in [3.63, 3.8) is 0 Å². The molecule has 0 amide bonds. The van der Waals surface area contributed by atoms with Gasteiger partial charge in [-0.2, -0.15) is 5.26 Å². The van der Waals surface area contributed by atoms with Crippen molar-refractivity contribution in [1.82, 2.24) is 4.90 Å². The molecule has 1 fully saturated rings. The molecular formula is C15H19FN2. The van der Waals surface area contributed by atoms with Crippen molar-refractivity contribution < 1.29 is 4.39 Å². The Hall–Kier alpha value is -1.40. The summed E-state index contributed by atoms with van der Waals surface area (Å²) in [5.74, 6) is -0.256. The first-order valence-electron chi connectivity index (χ1n) is 6.67. The second kappa shape index (κ2) is 5.97. The molecule has 1 heterocycles. The SMILES string of the molecule is CCC1CCCCN1Cc1cc(F)ccc1C#N. The van der Waals surface area contributed by atoms with E-state index >= 15 is 0 Å². The predicted molar refractivity (Wildman–Crippen MR) is 69.5 cm³/mol. The minimum atomic E-state index is -0.256. The highest BCUT2D eigenvalue weighted by Gasteiger charge is 2.21. The van der Waals surface area contributed by atoms with E-state index in [9.17, 15) is 4.39 Å². The Morgan fingerprint density at radius 2 is 2.28 bits per heavy atom. The fourth-order valence-corrected chi connectivity index (χ4v) is 2.75. The summed E-state index contributed by atoms with van der Waals surface area (Å²) in [5, 5.41) is 9.07. The Morgan fingerprint density at radius 1 is 1.44 bits per heavy atom. The molecule has 0 saturated carbocycles. The molecule has 2 nitrogen and oxygen atoms in total. The van der Waals surface area contributed by atoms with Crippen molar-refractivity contribution >= 4 is 0 Å². The number of piperidine rings is 1. The number of nitrogens with zero attached hydrogens (tertiary/aromatic N) is 2. The number of hydrogen-bond acceptors (Lipinski definition) is 2. The third-order valence-corrected chi connectivity index (χ3v) is 3.78. The summed E-state index contributed by atoms with van der Waals surface area (Å²) < 4.78 is 13.3. The van der Waals surface area contributed by atoms with Crippen LogP contribution in [0.15, 0.2) is 18.2 Å². The lowest BCUT2D eigenvalue weighted by Crippen LogP contribution is -2.38. The molecule has 0 radical (unpaired) electrons. The zero-order valence-corrected chi connectivity index (χ0v) is 10.8. The summed E-state index contributed by atoms with van der Waals surface area (Å²) in [6.45, 7) is 3.94. The molecule has 0 bridgehead atoms. The molecule has 1 aliphatic heterocycles. The van der Waals surface area contributed by atoms with E-state index in [0.717, 1.165) is 18.5 Å². The molecule has 18 heavy (non-hydrogen) atoms. The molecule has 0 aromatic heterocycles. The lowest BCUT2D eigenvalue weighted by molar-refractivity contribution is 0.136. The van der Waals surface area contributed by atoms with Crippen LogP contribution in [-0.2, 0) is 6.54 Å². The minimum Gasteiger partial charge on any atom is -0.296 e. The van der Waals surface area contributed by atoms with Gasteiger partial charge in [0.05, 0.1) is 11.6 Å². The Balaban J connectivity index is 2.17. The maximum absolute atomic E-state index is 13.3. The van der Waals surface area contributed by atoms with Gasteiger partial charge < -0.3 is 0 Å². The zero-order chi connectivity index (χ0) is 13.0. The molecule has 0 aliphatic carbocycles. The molecule has 1 atom stereocenters. The van der Waals surface area contributed by atoms with Crippen LogP contribution in [0.5, 0.6) is 0 Å². The van der Waals surface area contributed by atoms with Crippen molar-refractivity contribution in [1.29, 1.82) is 5.26 Å². The van der Waals surface area contributed by atoms with Crippen LogP contribution in [0.1, 0.15) is 43.7 Å². The lowest BCUT2D eigenvalue weighted by Gasteiger charge is -2.35. The highest BCUT2D eigenvalue weighted by atomic mass is 19.1. The molecule has 1 aliphatic rings. The maximum Gasteiger partial charge on any atom is 0.123 e. The highest BCUT2D eigenvalue weighted by molar-refractivity contribution is 5.37. The van der Waals surface area contributed by atoms with Crippen molar-refractivity contribution in [2.45, 2.75) is 45.2 Å². The summed E-state index contributed by atoms with van der Waals surface area (Å²) in [6.07, 6.45) is 4.82. The molecule has 0 N–H and O–H groups in total. The third-order valence-electron chi connectivity index (χ3n) is 3.78. The highest BCUT2D eigenvalue weighted by Crippen LogP contribution is 2.23. The Morgan fingerprint density at radius 3 is 3.00 bits per heavy atom. The molecule has 1 saturated heterocycles. The van der Waals surface area contributed by atoms with Gasteiger partial charge in [-0.25, -0.2) is 4.39 Å². The van der Waals surface area contributed by atoms with Gasteiger partial charge in [-0.1, -0.05) is 13.3 Å². The summed E-state index contributed by atoms with van der Waals surface area (Å²) in [7, 11) is 0. The first-order valence-corrected chi connectivity index (χ1v) is 6.67. The van der Waals surface area contributed by atoms with Crippen LogP contribution >= 0.6 is 0 Å². The zero-order valence-electron chi connectivity index (χ0n) is 10.8. The van der Waals surface area contributed by atoms with Gasteiger partial charge in [0.15, 0.2) is 0 Å². The van der Waals surface area contributed by atoms with Crippen LogP contribution in [0.4, 0.5) is 4.39 Å². The number of nitriles is 1. The van der Waals surface area contributed by atoms with Crippen LogP contribution in [-0.4, -0.2) is 17.5 Å². The Labute approximate surface area is 108 Å². The quantitative estimate of drug-likeness (QED) is 0.816. The standard InChI is InChI=1S/C15H19FN2/c1-2-15-5-3-4-8-18(15)11-13-9-14(16)7-6-12(13)10-17/h6-7,9,15H,2-5,8,11H2,1H3. The van der Waals surface area contributed by atoms with Crippen LogP contribution in [0.2, 0.25) is 0 Å². The van der Waals surface area contributed by atoms with Crippen molar-refractivity contribution in [2.24, 2.45) is 0 Å². The van der Waals surface area contributed by atoms with Gasteiger partial charge in [-0.15, -0.1) is 0 Å². The van der Waals surface area contributed by atoms with Gasteiger partial charge in [-0.05, 0) is 49.6 Å². The van der Waals surface area contributed by atoms with Crippen LogP contribution in [0, 0.1) is 17.1 Å². The third kappa shape index (κ3) is 2.88. The van der Waals surface area contributed by atoms with Crippen molar-refractivity contribution in [2.75, 3.05) is 6.54 Å². The maximum atomic E-state index is 13.3. The molecule has 1 aromatic rings. The second-order valence-electron chi connectivity index (χ2n) is 4.94. The average molecular weight is 246 g/mol. The number of benzene rings is 1. The minimum absolute atomic E-state index is 0.256. The summed E-state index contributed by atoms with van der Waals surface area (Å²) in [4.78, 5) is 2.39. The topological polar surface area (TPSA) is 27.0 Å². The van der Waals surface area contributed by atoms with E-state index in [2.05, 4.69) is 17.9 Å². The van der Waals surface area contributed by atoms with Crippen molar-refractivity contribution in [3.05, 3.63) is 35.1 Å². The molecule has 96 valence electrons. The van der Waals surface area contributed by atoms with Gasteiger partial charge in [0, 0.05) is 12.6 Å². The molecular weight excluding hydrogens is 227 g/mol. The van der Waals surface area contributed by atoms with Gasteiger partial charge in [-0.3, -0.25) is 4.90 Å². The van der Waals surface area contributed by atoms with Crippen LogP contribution < -0.4 is 0 Å². The Kier molecular flexibility index (Phi) is 4.33. The summed E-state index contributed by atoms with van der Waals surface area (Å²) in [6, 6.07) is 7.16. The summed E-state index contributed by atoms with van der Waals surface area (Å²) >= 11 is 0. The molecule has 3 heteroatoms. The molecule has 1 unspecified atom stereocenters. The average Bonchev–Trinajstić information content (AvgIpc) is 2.40. The van der Waals surface area contributed by atoms with E-state index < -0.39 is 0 Å². The number of hydrogen-bond donors (Lipinski definition) is 0.